The maximum atomic E-state index is 12.9. The van der Waals surface area contributed by atoms with Crippen molar-refractivity contribution in [3.63, 3.8) is 0 Å². The summed E-state index contributed by atoms with van der Waals surface area (Å²) in [4.78, 5) is 41.2. The number of methoxy groups -OCH3 is 1. The lowest BCUT2D eigenvalue weighted by atomic mass is 10.1. The highest BCUT2D eigenvalue weighted by Crippen LogP contribution is 2.25. The van der Waals surface area contributed by atoms with Crippen LogP contribution in [0.3, 0.4) is 0 Å². The Kier molecular flexibility index (Phi) is 6.17. The molecule has 1 atom stereocenters. The van der Waals surface area contributed by atoms with Crippen molar-refractivity contribution in [3.8, 4) is 0 Å². The zero-order chi connectivity index (χ0) is 20.4. The maximum Gasteiger partial charge on any atom is 0.405 e. The molecule has 1 aliphatic rings. The Morgan fingerprint density at radius 1 is 1.33 bits per heavy atom. The van der Waals surface area contributed by atoms with Crippen molar-refractivity contribution in [3.05, 3.63) is 22.5 Å². The van der Waals surface area contributed by atoms with Gasteiger partial charge in [-0.05, 0) is 31.7 Å². The van der Waals surface area contributed by atoms with Crippen molar-refractivity contribution < 1.29 is 32.3 Å². The van der Waals surface area contributed by atoms with Gasteiger partial charge >= 0.3 is 12.1 Å². The largest absolute Gasteiger partial charge is 0.465 e. The summed E-state index contributed by atoms with van der Waals surface area (Å²) in [5.41, 5.74) is 1.33. The van der Waals surface area contributed by atoms with Gasteiger partial charge in [0.2, 0.25) is 5.91 Å². The SMILES string of the molecule is CCc1[nH]c(C(=O)N2CCCC2C(=O)NCC(F)(F)F)c(C)c1C(=O)OC. The van der Waals surface area contributed by atoms with Crippen molar-refractivity contribution in [2.45, 2.75) is 45.3 Å². The highest BCUT2D eigenvalue weighted by molar-refractivity contribution is 6.02. The average molecular weight is 389 g/mol. The summed E-state index contributed by atoms with van der Waals surface area (Å²) < 4.78 is 41.7. The molecule has 150 valence electrons. The summed E-state index contributed by atoms with van der Waals surface area (Å²) >= 11 is 0. The molecule has 10 heteroatoms. The lowest BCUT2D eigenvalue weighted by Gasteiger charge is -2.24. The first-order chi connectivity index (χ1) is 12.6. The zero-order valence-electron chi connectivity index (χ0n) is 15.3. The summed E-state index contributed by atoms with van der Waals surface area (Å²) in [5.74, 6) is -1.95. The van der Waals surface area contributed by atoms with Crippen LogP contribution in [0.2, 0.25) is 0 Å². The lowest BCUT2D eigenvalue weighted by Crippen LogP contribution is -2.48. The number of hydrogen-bond acceptors (Lipinski definition) is 4. The smallest absolute Gasteiger partial charge is 0.405 e. The third kappa shape index (κ3) is 4.42. The molecule has 0 aliphatic carbocycles. The number of esters is 1. The average Bonchev–Trinajstić information content (AvgIpc) is 3.22. The Morgan fingerprint density at radius 3 is 2.56 bits per heavy atom. The van der Waals surface area contributed by atoms with E-state index in [2.05, 4.69) is 4.98 Å². The van der Waals surface area contributed by atoms with Gasteiger partial charge in [0.15, 0.2) is 0 Å². The second kappa shape index (κ2) is 8.01. The normalized spacial score (nSPS) is 17.1. The number of aryl methyl sites for hydroxylation is 1. The molecule has 2 amide bonds. The Labute approximate surface area is 154 Å². The number of carbonyl (C=O) groups excluding carboxylic acids is 3. The van der Waals surface area contributed by atoms with Crippen molar-refractivity contribution in [1.82, 2.24) is 15.2 Å². The zero-order valence-corrected chi connectivity index (χ0v) is 15.3. The standard InChI is InChI=1S/C17H22F3N3O4/c1-4-10-12(16(26)27-3)9(2)13(22-10)15(25)23-7-5-6-11(23)14(24)21-8-17(18,19)20/h11,22H,4-8H2,1-3H3,(H,21,24). The van der Waals surface area contributed by atoms with Crippen molar-refractivity contribution in [2.24, 2.45) is 0 Å². The van der Waals surface area contributed by atoms with Gasteiger partial charge in [-0.15, -0.1) is 0 Å². The summed E-state index contributed by atoms with van der Waals surface area (Å²) in [6, 6.07) is -0.978. The third-order valence-corrected chi connectivity index (χ3v) is 4.56. The Bertz CT molecular complexity index is 743. The number of nitrogens with one attached hydrogen (secondary N) is 2. The molecule has 0 radical (unpaired) electrons. The summed E-state index contributed by atoms with van der Waals surface area (Å²) in [6.45, 7) is 2.19. The van der Waals surface area contributed by atoms with E-state index in [0.29, 0.717) is 24.1 Å². The van der Waals surface area contributed by atoms with Gasteiger partial charge in [-0.3, -0.25) is 9.59 Å². The molecule has 1 aromatic rings. The molecular formula is C17H22F3N3O4. The van der Waals surface area contributed by atoms with E-state index in [1.165, 1.54) is 12.0 Å². The highest BCUT2D eigenvalue weighted by atomic mass is 19.4. The number of aromatic amines is 1. The van der Waals surface area contributed by atoms with Crippen LogP contribution in [-0.2, 0) is 16.0 Å². The monoisotopic (exact) mass is 389 g/mol. The Morgan fingerprint density at radius 2 is 2.00 bits per heavy atom. The summed E-state index contributed by atoms with van der Waals surface area (Å²) in [6.07, 6.45) is -3.29. The van der Waals surface area contributed by atoms with Gasteiger partial charge < -0.3 is 19.9 Å². The number of likely N-dealkylation sites (tertiary alicyclic amines) is 1. The van der Waals surface area contributed by atoms with Crippen LogP contribution in [0.25, 0.3) is 0 Å². The maximum absolute atomic E-state index is 12.9. The first-order valence-electron chi connectivity index (χ1n) is 8.55. The lowest BCUT2D eigenvalue weighted by molar-refractivity contribution is -0.140. The minimum Gasteiger partial charge on any atom is -0.465 e. The summed E-state index contributed by atoms with van der Waals surface area (Å²) in [5, 5.41) is 1.83. The molecular weight excluding hydrogens is 367 g/mol. The highest BCUT2D eigenvalue weighted by Gasteiger charge is 2.38. The number of carbonyl (C=O) groups is 3. The molecule has 7 nitrogen and oxygen atoms in total. The fraction of sp³-hybridized carbons (Fsp3) is 0.588. The minimum atomic E-state index is -4.52. The first kappa shape index (κ1) is 20.8. The third-order valence-electron chi connectivity index (χ3n) is 4.56. The van der Waals surface area contributed by atoms with E-state index in [4.69, 9.17) is 4.74 Å². The van der Waals surface area contributed by atoms with E-state index in [-0.39, 0.29) is 24.2 Å². The van der Waals surface area contributed by atoms with E-state index in [0.717, 1.165) is 0 Å². The minimum absolute atomic E-state index is 0.141. The van der Waals surface area contributed by atoms with Crippen LogP contribution >= 0.6 is 0 Å². The Balaban J connectivity index is 2.25. The van der Waals surface area contributed by atoms with E-state index < -0.39 is 36.5 Å². The molecule has 27 heavy (non-hydrogen) atoms. The number of halogens is 3. The number of alkyl halides is 3. The molecule has 2 N–H and O–H groups in total. The molecule has 1 fully saturated rings. The van der Waals surface area contributed by atoms with E-state index >= 15 is 0 Å². The van der Waals surface area contributed by atoms with Crippen LogP contribution in [0.1, 0.15) is 51.9 Å². The van der Waals surface area contributed by atoms with E-state index in [1.807, 2.05) is 5.32 Å². The predicted octanol–water partition coefficient (Wildman–Crippen LogP) is 1.96. The molecule has 0 spiro atoms. The van der Waals surface area contributed by atoms with E-state index in [1.54, 1.807) is 13.8 Å². The van der Waals surface area contributed by atoms with Crippen LogP contribution < -0.4 is 5.32 Å². The molecule has 1 aromatic heterocycles. The van der Waals surface area contributed by atoms with Gasteiger partial charge in [0.25, 0.3) is 5.91 Å². The molecule has 1 aliphatic heterocycles. The van der Waals surface area contributed by atoms with Gasteiger partial charge in [0, 0.05) is 12.2 Å². The van der Waals surface area contributed by atoms with Gasteiger partial charge in [-0.25, -0.2) is 4.79 Å². The first-order valence-corrected chi connectivity index (χ1v) is 8.55. The van der Waals surface area contributed by atoms with Crippen LogP contribution in [0, 0.1) is 6.92 Å². The fourth-order valence-electron chi connectivity index (χ4n) is 3.25. The molecule has 1 unspecified atom stereocenters. The van der Waals surface area contributed by atoms with Gasteiger partial charge in [0.05, 0.1) is 12.7 Å². The molecule has 0 aromatic carbocycles. The number of ether oxygens (including phenoxy) is 1. The predicted molar refractivity (Wildman–Crippen MR) is 89.4 cm³/mol. The second-order valence-corrected chi connectivity index (χ2v) is 6.31. The molecule has 2 rings (SSSR count). The van der Waals surface area contributed by atoms with Gasteiger partial charge in [-0.2, -0.15) is 13.2 Å². The molecule has 2 heterocycles. The molecule has 1 saturated heterocycles. The molecule has 0 saturated carbocycles. The number of nitrogens with zero attached hydrogens (tertiary/aromatic N) is 1. The number of hydrogen-bond donors (Lipinski definition) is 2. The van der Waals surface area contributed by atoms with Gasteiger partial charge in [0.1, 0.15) is 18.3 Å². The summed E-state index contributed by atoms with van der Waals surface area (Å²) in [7, 11) is 1.23. The van der Waals surface area contributed by atoms with Crippen LogP contribution in [0.5, 0.6) is 0 Å². The van der Waals surface area contributed by atoms with Gasteiger partial charge in [-0.1, -0.05) is 6.92 Å². The van der Waals surface area contributed by atoms with Crippen molar-refractivity contribution in [1.29, 1.82) is 0 Å². The Hall–Kier alpha value is -2.52. The van der Waals surface area contributed by atoms with Crippen molar-refractivity contribution >= 4 is 17.8 Å². The van der Waals surface area contributed by atoms with E-state index in [9.17, 15) is 27.6 Å². The van der Waals surface area contributed by atoms with Crippen LogP contribution in [0.4, 0.5) is 13.2 Å². The quantitative estimate of drug-likeness (QED) is 0.753. The fourth-order valence-corrected chi connectivity index (χ4v) is 3.25. The number of rotatable bonds is 5. The topological polar surface area (TPSA) is 91.5 Å². The number of amides is 2. The number of H-pyrrole nitrogens is 1. The molecule has 0 bridgehead atoms. The van der Waals surface area contributed by atoms with Crippen LogP contribution in [-0.4, -0.2) is 60.1 Å². The second-order valence-electron chi connectivity index (χ2n) is 6.31. The van der Waals surface area contributed by atoms with Crippen molar-refractivity contribution in [2.75, 3.05) is 20.2 Å². The van der Waals surface area contributed by atoms with Crippen LogP contribution in [0.15, 0.2) is 0 Å². The number of aromatic nitrogens is 1.